The van der Waals surface area contributed by atoms with E-state index in [1.54, 1.807) is 22.7 Å². The summed E-state index contributed by atoms with van der Waals surface area (Å²) in [4.78, 5) is 0. The van der Waals surface area contributed by atoms with Gasteiger partial charge in [-0.05, 0) is 45.8 Å². The van der Waals surface area contributed by atoms with Crippen molar-refractivity contribution >= 4 is 54.2 Å². The van der Waals surface area contributed by atoms with Crippen LogP contribution in [0.5, 0.6) is 0 Å². The quantitative estimate of drug-likeness (QED) is 0.447. The molecule has 4 aromatic rings. The van der Waals surface area contributed by atoms with Gasteiger partial charge in [0.15, 0.2) is 0 Å². The Bertz CT molecular complexity index is 721. The lowest BCUT2D eigenvalue weighted by molar-refractivity contribution is 0.436. The molecule has 2 heterocycles. The highest BCUT2D eigenvalue weighted by molar-refractivity contribution is 7.73. The molecular weight excluding hydrogens is 336 g/mol. The summed E-state index contributed by atoms with van der Waals surface area (Å²) in [6.07, 6.45) is 0. The van der Waals surface area contributed by atoms with Crippen LogP contribution in [-0.2, 0) is 11.4 Å². The molecular formula is C16H13O3S3-. The van der Waals surface area contributed by atoms with Crippen LogP contribution in [-0.4, -0.2) is 13.3 Å². The minimum absolute atomic E-state index is 1.35. The summed E-state index contributed by atoms with van der Waals surface area (Å²) in [5, 5.41) is 6.93. The molecule has 0 aliphatic carbocycles. The second-order valence-corrected chi connectivity index (χ2v) is 6.46. The minimum atomic E-state index is -2.86. The molecule has 6 heteroatoms. The summed E-state index contributed by atoms with van der Waals surface area (Å²) in [7, 11) is 0. The van der Waals surface area contributed by atoms with Gasteiger partial charge in [-0.2, -0.15) is 0 Å². The Morgan fingerprint density at radius 2 is 1.14 bits per heavy atom. The first-order valence-electron chi connectivity index (χ1n) is 6.29. The monoisotopic (exact) mass is 349 g/mol. The van der Waals surface area contributed by atoms with Crippen LogP contribution in [0.4, 0.5) is 0 Å². The number of rotatable bonds is 0. The second kappa shape index (κ2) is 8.77. The molecule has 0 radical (unpaired) electrons. The van der Waals surface area contributed by atoms with Crippen LogP contribution in [0.3, 0.4) is 0 Å². The van der Waals surface area contributed by atoms with Crippen molar-refractivity contribution in [2.75, 3.05) is 0 Å². The van der Waals surface area contributed by atoms with Crippen molar-refractivity contribution in [3.05, 3.63) is 71.4 Å². The number of fused-ring (bicyclic) bond motifs is 2. The van der Waals surface area contributed by atoms with Gasteiger partial charge in [-0.25, -0.2) is 4.21 Å². The van der Waals surface area contributed by atoms with Crippen LogP contribution in [0.2, 0.25) is 0 Å². The van der Waals surface area contributed by atoms with Crippen LogP contribution in [0.25, 0.3) is 20.2 Å². The van der Waals surface area contributed by atoms with Crippen molar-refractivity contribution in [2.24, 2.45) is 0 Å². The predicted molar refractivity (Wildman–Crippen MR) is 95.2 cm³/mol. The summed E-state index contributed by atoms with van der Waals surface area (Å²) in [6.45, 7) is 0. The fourth-order valence-corrected chi connectivity index (χ4v) is 3.39. The van der Waals surface area contributed by atoms with Gasteiger partial charge < -0.3 is 9.11 Å². The third kappa shape index (κ3) is 5.32. The zero-order valence-electron chi connectivity index (χ0n) is 11.4. The number of benzene rings is 2. The molecule has 0 aliphatic rings. The van der Waals surface area contributed by atoms with E-state index in [1.165, 1.54) is 20.2 Å². The first kappa shape index (κ1) is 16.8. The van der Waals surface area contributed by atoms with Crippen LogP contribution >= 0.6 is 22.7 Å². The average molecular weight is 349 g/mol. The number of thiophene rings is 2. The second-order valence-electron chi connectivity index (χ2n) is 4.13. The lowest BCUT2D eigenvalue weighted by Gasteiger charge is -1.83. The molecule has 0 saturated heterocycles. The van der Waals surface area contributed by atoms with Gasteiger partial charge in [0.05, 0.1) is 11.4 Å². The van der Waals surface area contributed by atoms with Gasteiger partial charge in [0.1, 0.15) is 0 Å². The Hall–Kier alpha value is -1.57. The zero-order chi connectivity index (χ0) is 15.8. The van der Waals surface area contributed by atoms with Crippen molar-refractivity contribution in [3.63, 3.8) is 0 Å². The summed E-state index contributed by atoms with van der Waals surface area (Å²) >= 11 is 0.714. The SMILES string of the molecule is O=S([O-])O.c1ccc2sccc2c1.c1ccc2sccc2c1. The number of hydrogen-bond acceptors (Lipinski definition) is 4. The summed E-state index contributed by atoms with van der Waals surface area (Å²) in [6, 6.07) is 21.1. The van der Waals surface area contributed by atoms with Crippen LogP contribution in [0.15, 0.2) is 71.4 Å². The van der Waals surface area contributed by atoms with E-state index in [0.717, 1.165) is 0 Å². The van der Waals surface area contributed by atoms with E-state index in [2.05, 4.69) is 71.4 Å². The third-order valence-electron chi connectivity index (χ3n) is 2.72. The van der Waals surface area contributed by atoms with Gasteiger partial charge in [-0.1, -0.05) is 36.4 Å². The molecule has 1 atom stereocenters. The largest absolute Gasteiger partial charge is 0.750 e. The third-order valence-corrected chi connectivity index (χ3v) is 4.52. The van der Waals surface area contributed by atoms with E-state index in [9.17, 15) is 0 Å². The van der Waals surface area contributed by atoms with Crippen molar-refractivity contribution in [1.82, 2.24) is 0 Å². The predicted octanol–water partition coefficient (Wildman–Crippen LogP) is 5.14. The molecule has 0 amide bonds. The molecule has 4 rings (SSSR count). The fourth-order valence-electron chi connectivity index (χ4n) is 1.81. The van der Waals surface area contributed by atoms with Gasteiger partial charge in [0.25, 0.3) is 0 Å². The fraction of sp³-hybridized carbons (Fsp3) is 0. The molecule has 3 nitrogen and oxygen atoms in total. The lowest BCUT2D eigenvalue weighted by Crippen LogP contribution is -1.75. The van der Waals surface area contributed by atoms with E-state index in [0.29, 0.717) is 0 Å². The molecule has 22 heavy (non-hydrogen) atoms. The van der Waals surface area contributed by atoms with E-state index < -0.39 is 11.4 Å². The van der Waals surface area contributed by atoms with Crippen molar-refractivity contribution in [2.45, 2.75) is 0 Å². The highest BCUT2D eigenvalue weighted by Gasteiger charge is 1.88. The van der Waals surface area contributed by atoms with Crippen LogP contribution in [0, 0.1) is 0 Å². The van der Waals surface area contributed by atoms with E-state index in [4.69, 9.17) is 13.3 Å². The van der Waals surface area contributed by atoms with E-state index in [1.807, 2.05) is 0 Å². The molecule has 0 spiro atoms. The Balaban J connectivity index is 0.000000131. The molecule has 2 aromatic carbocycles. The number of hydrogen-bond donors (Lipinski definition) is 1. The van der Waals surface area contributed by atoms with Gasteiger partial charge in [-0.15, -0.1) is 22.7 Å². The maximum Gasteiger partial charge on any atom is 0.0814 e. The van der Waals surface area contributed by atoms with Gasteiger partial charge >= 0.3 is 0 Å². The first-order valence-corrected chi connectivity index (χ1v) is 9.09. The lowest BCUT2D eigenvalue weighted by atomic mass is 10.3. The maximum atomic E-state index is 8.56. The minimum Gasteiger partial charge on any atom is -0.750 e. The topological polar surface area (TPSA) is 60.4 Å². The molecule has 1 unspecified atom stereocenters. The summed E-state index contributed by atoms with van der Waals surface area (Å²) < 4.78 is 26.8. The highest BCUT2D eigenvalue weighted by atomic mass is 32.2. The molecule has 0 aliphatic heterocycles. The zero-order valence-corrected chi connectivity index (χ0v) is 13.9. The molecule has 0 fully saturated rings. The molecule has 2 aromatic heterocycles. The molecule has 1 N–H and O–H groups in total. The highest BCUT2D eigenvalue weighted by Crippen LogP contribution is 2.19. The van der Waals surface area contributed by atoms with Crippen LogP contribution in [0.1, 0.15) is 0 Å². The molecule has 0 bridgehead atoms. The first-order chi connectivity index (χ1) is 10.7. The average Bonchev–Trinajstić information content (AvgIpc) is 3.16. The summed E-state index contributed by atoms with van der Waals surface area (Å²) in [5.74, 6) is 0. The van der Waals surface area contributed by atoms with Crippen LogP contribution < -0.4 is 0 Å². The van der Waals surface area contributed by atoms with Gasteiger partial charge in [-0.3, -0.25) is 0 Å². The molecule has 114 valence electrons. The van der Waals surface area contributed by atoms with Gasteiger partial charge in [0.2, 0.25) is 0 Å². The Kier molecular flexibility index (Phi) is 6.70. The van der Waals surface area contributed by atoms with Crippen molar-refractivity contribution < 1.29 is 13.3 Å². The summed E-state index contributed by atoms with van der Waals surface area (Å²) in [5.41, 5.74) is 0. The van der Waals surface area contributed by atoms with Gasteiger partial charge in [0, 0.05) is 9.40 Å². The standard InChI is InChI=1S/2C8H6S.H2O3S/c2*1-2-4-8-7(3-1)5-6-9-8;1-4(2)3/h2*1-6H;(H2,1,2,3)/p-1. The Morgan fingerprint density at radius 3 is 1.50 bits per heavy atom. The van der Waals surface area contributed by atoms with Crippen molar-refractivity contribution in [3.8, 4) is 0 Å². The smallest absolute Gasteiger partial charge is 0.0814 e. The Labute approximate surface area is 139 Å². The van der Waals surface area contributed by atoms with E-state index in [-0.39, 0.29) is 0 Å². The van der Waals surface area contributed by atoms with Crippen molar-refractivity contribution in [1.29, 1.82) is 0 Å². The normalized spacial score (nSPS) is 11.2. The van der Waals surface area contributed by atoms with E-state index >= 15 is 0 Å². The molecule has 0 saturated carbocycles. The Morgan fingerprint density at radius 1 is 0.773 bits per heavy atom. The maximum absolute atomic E-state index is 8.56.